The van der Waals surface area contributed by atoms with Crippen LogP contribution in [0, 0.1) is 23.7 Å². The van der Waals surface area contributed by atoms with Crippen molar-refractivity contribution in [2.75, 3.05) is 26.9 Å². The number of pyridine rings is 1. The van der Waals surface area contributed by atoms with Gasteiger partial charge in [0.15, 0.2) is 24.2 Å². The Bertz CT molecular complexity index is 1160. The van der Waals surface area contributed by atoms with Crippen LogP contribution in [0.15, 0.2) is 54.7 Å². The largest absolute Gasteiger partial charge is 0.493 e. The molecule has 3 rings (SSSR count). The number of carbonyl (C=O) groups is 1. The number of nitrogens with one attached hydrogen (secondary N) is 1. The molecule has 0 saturated heterocycles. The van der Waals surface area contributed by atoms with Crippen LogP contribution in [0.3, 0.4) is 0 Å². The molecule has 0 saturated carbocycles. The highest BCUT2D eigenvalue weighted by Crippen LogP contribution is 2.28. The fourth-order valence-electron chi connectivity index (χ4n) is 3.21. The van der Waals surface area contributed by atoms with Crippen LogP contribution in [0.1, 0.15) is 17.2 Å². The summed E-state index contributed by atoms with van der Waals surface area (Å²) in [7, 11) is 1.53. The van der Waals surface area contributed by atoms with Crippen LogP contribution < -0.4 is 14.8 Å². The van der Waals surface area contributed by atoms with E-state index in [9.17, 15) is 4.79 Å². The third kappa shape index (κ3) is 5.75. The third-order valence-corrected chi connectivity index (χ3v) is 4.72. The summed E-state index contributed by atoms with van der Waals surface area (Å²) in [6.07, 6.45) is 6.67. The number of amides is 1. The molecule has 0 aliphatic heterocycles. The lowest BCUT2D eigenvalue weighted by molar-refractivity contribution is -0.132. The first-order valence-corrected chi connectivity index (χ1v) is 10.0. The molecule has 3 aromatic rings. The van der Waals surface area contributed by atoms with E-state index >= 15 is 0 Å². The van der Waals surface area contributed by atoms with Gasteiger partial charge in [-0.1, -0.05) is 30.2 Å². The van der Waals surface area contributed by atoms with Crippen LogP contribution in [-0.4, -0.2) is 37.8 Å². The molecule has 0 radical (unpaired) electrons. The second-order valence-electron chi connectivity index (χ2n) is 6.83. The zero-order valence-electron chi connectivity index (χ0n) is 17.7. The molecule has 7 nitrogen and oxygen atoms in total. The number of nitriles is 1. The van der Waals surface area contributed by atoms with Gasteiger partial charge >= 0.3 is 0 Å². The van der Waals surface area contributed by atoms with Gasteiger partial charge in [-0.25, -0.2) is 0 Å². The predicted molar refractivity (Wildman–Crippen MR) is 120 cm³/mol. The summed E-state index contributed by atoms with van der Waals surface area (Å²) in [5.41, 5.74) is 2.42. The highest BCUT2D eigenvalue weighted by Gasteiger charge is 2.22. The van der Waals surface area contributed by atoms with E-state index in [0.29, 0.717) is 30.0 Å². The first-order valence-electron chi connectivity index (χ1n) is 10.0. The predicted octanol–water partition coefficient (Wildman–Crippen LogP) is 3.20. The number of para-hydroxylation sites is 1. The topological polar surface area (TPSA) is 93.5 Å². The number of terminal acetylenes is 1. The molecule has 32 heavy (non-hydrogen) atoms. The van der Waals surface area contributed by atoms with Gasteiger partial charge in [-0.15, -0.1) is 6.42 Å². The monoisotopic (exact) mass is 429 g/mol. The van der Waals surface area contributed by atoms with E-state index < -0.39 is 6.10 Å². The van der Waals surface area contributed by atoms with Crippen LogP contribution in [-0.2, 0) is 16.0 Å². The Hall–Kier alpha value is -4.07. The Morgan fingerprint density at radius 1 is 1.19 bits per heavy atom. The zero-order chi connectivity index (χ0) is 22.8. The van der Waals surface area contributed by atoms with E-state index in [1.807, 2.05) is 48.5 Å². The normalized spacial score (nSPS) is 11.2. The fraction of sp³-hybridized carbons (Fsp3) is 0.240. The minimum atomic E-state index is -0.862. The standard InChI is InChI=1S/C25H23N3O4/c1-3-13-32-24(20-16-19-6-4-5-7-21(19)28-17-20)25(29)27-12-10-18-8-9-22(31-14-11-26)23(15-18)30-2/h1,4-9,15-17,24H,10,12-14H2,2H3,(H,27,29). The maximum atomic E-state index is 12.9. The number of benzene rings is 2. The summed E-state index contributed by atoms with van der Waals surface area (Å²) in [6, 6.07) is 16.9. The number of rotatable bonds is 10. The van der Waals surface area contributed by atoms with Crippen LogP contribution in [0.2, 0.25) is 0 Å². The molecule has 1 aromatic heterocycles. The summed E-state index contributed by atoms with van der Waals surface area (Å²) in [5.74, 6) is 3.14. The number of hydrogen-bond acceptors (Lipinski definition) is 6. The van der Waals surface area contributed by atoms with Crippen LogP contribution in [0.25, 0.3) is 10.9 Å². The summed E-state index contributed by atoms with van der Waals surface area (Å²) in [6.45, 7) is 0.331. The number of nitrogens with zero attached hydrogens (tertiary/aromatic N) is 2. The van der Waals surface area contributed by atoms with E-state index in [1.54, 1.807) is 12.3 Å². The lowest BCUT2D eigenvalue weighted by Gasteiger charge is -2.17. The van der Waals surface area contributed by atoms with E-state index in [4.69, 9.17) is 25.9 Å². The van der Waals surface area contributed by atoms with Crippen molar-refractivity contribution in [3.63, 3.8) is 0 Å². The average Bonchev–Trinajstić information content (AvgIpc) is 2.83. The van der Waals surface area contributed by atoms with Gasteiger partial charge in [-0.2, -0.15) is 5.26 Å². The van der Waals surface area contributed by atoms with Crippen LogP contribution in [0.4, 0.5) is 0 Å². The first kappa shape index (κ1) is 22.6. The van der Waals surface area contributed by atoms with Crippen molar-refractivity contribution >= 4 is 16.8 Å². The van der Waals surface area contributed by atoms with Crippen LogP contribution in [0.5, 0.6) is 11.5 Å². The summed E-state index contributed by atoms with van der Waals surface area (Å²) >= 11 is 0. The van der Waals surface area contributed by atoms with Gasteiger partial charge in [0.1, 0.15) is 12.7 Å². The number of ether oxygens (including phenoxy) is 3. The minimum absolute atomic E-state index is 0.00622. The van der Waals surface area contributed by atoms with Crippen molar-refractivity contribution in [1.82, 2.24) is 10.3 Å². The zero-order valence-corrected chi connectivity index (χ0v) is 17.7. The molecule has 2 aromatic carbocycles. The molecular weight excluding hydrogens is 406 g/mol. The molecule has 1 unspecified atom stereocenters. The lowest BCUT2D eigenvalue weighted by Crippen LogP contribution is -2.32. The molecule has 0 fully saturated rings. The van der Waals surface area contributed by atoms with E-state index in [-0.39, 0.29) is 19.1 Å². The molecule has 0 aliphatic carbocycles. The average molecular weight is 429 g/mol. The molecule has 1 heterocycles. The molecule has 0 spiro atoms. The van der Waals surface area contributed by atoms with Gasteiger partial charge < -0.3 is 19.5 Å². The molecule has 1 atom stereocenters. The van der Waals surface area contributed by atoms with Gasteiger partial charge in [0, 0.05) is 23.7 Å². The van der Waals surface area contributed by atoms with Crippen LogP contribution >= 0.6 is 0 Å². The molecule has 0 aliphatic rings. The van der Waals surface area contributed by atoms with Gasteiger partial charge in [0.05, 0.1) is 12.6 Å². The maximum absolute atomic E-state index is 12.9. The Kier molecular flexibility index (Phi) is 8.02. The Morgan fingerprint density at radius 2 is 2.03 bits per heavy atom. The number of carbonyl (C=O) groups excluding carboxylic acids is 1. The molecule has 162 valence electrons. The first-order chi connectivity index (χ1) is 15.7. The Labute approximate surface area is 186 Å². The fourth-order valence-corrected chi connectivity index (χ4v) is 3.21. The number of hydrogen-bond donors (Lipinski definition) is 1. The highest BCUT2D eigenvalue weighted by molar-refractivity contribution is 5.85. The minimum Gasteiger partial charge on any atom is -0.493 e. The number of aromatic nitrogens is 1. The maximum Gasteiger partial charge on any atom is 0.253 e. The quantitative estimate of drug-likeness (QED) is 0.498. The van der Waals surface area contributed by atoms with E-state index in [0.717, 1.165) is 16.5 Å². The van der Waals surface area contributed by atoms with Crippen molar-refractivity contribution < 1.29 is 19.0 Å². The second kappa shape index (κ2) is 11.4. The van der Waals surface area contributed by atoms with Gasteiger partial charge in [0.25, 0.3) is 5.91 Å². The van der Waals surface area contributed by atoms with Crippen molar-refractivity contribution in [3.05, 3.63) is 65.9 Å². The highest BCUT2D eigenvalue weighted by atomic mass is 16.5. The van der Waals surface area contributed by atoms with Crippen molar-refractivity contribution in [1.29, 1.82) is 5.26 Å². The third-order valence-electron chi connectivity index (χ3n) is 4.72. The van der Waals surface area contributed by atoms with Gasteiger partial charge in [-0.05, 0) is 36.2 Å². The summed E-state index contributed by atoms with van der Waals surface area (Å²) < 4.78 is 16.3. The lowest BCUT2D eigenvalue weighted by atomic mass is 10.1. The summed E-state index contributed by atoms with van der Waals surface area (Å²) in [5, 5.41) is 12.5. The number of fused-ring (bicyclic) bond motifs is 1. The van der Waals surface area contributed by atoms with Crippen molar-refractivity contribution in [3.8, 4) is 29.9 Å². The van der Waals surface area contributed by atoms with Gasteiger partial charge in [-0.3, -0.25) is 9.78 Å². The molecule has 0 bridgehead atoms. The molecule has 1 N–H and O–H groups in total. The molecule has 1 amide bonds. The Morgan fingerprint density at radius 3 is 2.81 bits per heavy atom. The molecule has 7 heteroatoms. The van der Waals surface area contributed by atoms with Crippen molar-refractivity contribution in [2.24, 2.45) is 0 Å². The Balaban J connectivity index is 1.66. The summed E-state index contributed by atoms with van der Waals surface area (Å²) in [4.78, 5) is 17.3. The smallest absolute Gasteiger partial charge is 0.253 e. The molecular formula is C25H23N3O4. The number of methoxy groups -OCH3 is 1. The second-order valence-corrected chi connectivity index (χ2v) is 6.83. The SMILES string of the molecule is C#CCOC(C(=O)NCCc1ccc(OCC#N)c(OC)c1)c1cnc2ccccc2c1. The van der Waals surface area contributed by atoms with E-state index in [2.05, 4.69) is 16.2 Å². The van der Waals surface area contributed by atoms with Gasteiger partial charge in [0.2, 0.25) is 0 Å². The van der Waals surface area contributed by atoms with Crippen molar-refractivity contribution in [2.45, 2.75) is 12.5 Å². The van der Waals surface area contributed by atoms with E-state index in [1.165, 1.54) is 7.11 Å².